The van der Waals surface area contributed by atoms with Gasteiger partial charge in [-0.05, 0) is 48.9 Å². The van der Waals surface area contributed by atoms with Gasteiger partial charge in [-0.3, -0.25) is 4.79 Å². The van der Waals surface area contributed by atoms with Gasteiger partial charge >= 0.3 is 5.97 Å². The largest absolute Gasteiger partial charge is 0.481 e. The molecule has 0 radical (unpaired) electrons. The summed E-state index contributed by atoms with van der Waals surface area (Å²) in [5.74, 6) is -1.22. The van der Waals surface area contributed by atoms with Crippen molar-refractivity contribution in [2.75, 3.05) is 6.61 Å². The molecule has 1 aliphatic rings. The average Bonchev–Trinajstić information content (AvgIpc) is 3.04. The molecule has 0 saturated carbocycles. The van der Waals surface area contributed by atoms with Gasteiger partial charge in [-0.2, -0.15) is 4.79 Å². The van der Waals surface area contributed by atoms with Crippen molar-refractivity contribution in [1.82, 2.24) is 10.1 Å². The van der Waals surface area contributed by atoms with Gasteiger partial charge in [-0.15, -0.1) is 0 Å². The number of ether oxygens (including phenoxy) is 1. The predicted molar refractivity (Wildman–Crippen MR) is 106 cm³/mol. The van der Waals surface area contributed by atoms with Crippen molar-refractivity contribution in [1.29, 1.82) is 0 Å². The van der Waals surface area contributed by atoms with Crippen LogP contribution in [-0.2, 0) is 24.2 Å². The lowest BCUT2D eigenvalue weighted by atomic mass is 9.94. The number of nitrogens with one attached hydrogen (secondary N) is 1. The Morgan fingerprint density at radius 2 is 1.86 bits per heavy atom. The van der Waals surface area contributed by atoms with E-state index in [1.54, 1.807) is 6.07 Å². The monoisotopic (exact) mass is 396 g/mol. The van der Waals surface area contributed by atoms with Crippen molar-refractivity contribution in [3.63, 3.8) is 0 Å². The Balaban J connectivity index is 1.74. The van der Waals surface area contributed by atoms with E-state index in [2.05, 4.69) is 5.32 Å². The number of halogens is 1. The normalized spacial score (nSPS) is 13.1. The second-order valence-electron chi connectivity index (χ2n) is 7.10. The summed E-state index contributed by atoms with van der Waals surface area (Å²) in [5, 5.41) is 12.3. The molecule has 0 unspecified atom stereocenters. The van der Waals surface area contributed by atoms with Gasteiger partial charge in [0.2, 0.25) is 0 Å². The number of carbonyl (C=O) groups is 2. The van der Waals surface area contributed by atoms with Crippen LogP contribution in [0.25, 0.3) is 10.9 Å². The molecule has 0 fully saturated rings. The van der Waals surface area contributed by atoms with Crippen LogP contribution >= 0.6 is 0 Å². The first kappa shape index (κ1) is 19.0. The fourth-order valence-corrected chi connectivity index (χ4v) is 3.89. The number of benzene rings is 2. The van der Waals surface area contributed by atoms with Crippen molar-refractivity contribution < 1.29 is 23.9 Å². The Labute approximate surface area is 166 Å². The minimum absolute atomic E-state index is 0.144. The minimum Gasteiger partial charge on any atom is -0.481 e. The van der Waals surface area contributed by atoms with Crippen LogP contribution in [0.3, 0.4) is 0 Å². The third-order valence-corrected chi connectivity index (χ3v) is 5.21. The van der Waals surface area contributed by atoms with Gasteiger partial charge < -0.3 is 15.2 Å². The fraction of sp³-hybridized carbons (Fsp3) is 0.273. The number of aromatic nitrogens is 1. The summed E-state index contributed by atoms with van der Waals surface area (Å²) in [7, 11) is 0. The van der Waals surface area contributed by atoms with Crippen molar-refractivity contribution >= 4 is 22.8 Å². The predicted octanol–water partition coefficient (Wildman–Crippen LogP) is 3.65. The number of carbonyl (C=O) groups excluding carboxylic acids is 1. The lowest BCUT2D eigenvalue weighted by molar-refractivity contribution is -0.139. The number of nitrogens with zero attached hydrogens (tertiary/aromatic N) is 1. The van der Waals surface area contributed by atoms with E-state index in [4.69, 9.17) is 9.84 Å². The van der Waals surface area contributed by atoms with E-state index in [0.29, 0.717) is 35.3 Å². The molecule has 1 heterocycles. The zero-order chi connectivity index (χ0) is 20.4. The minimum atomic E-state index is -1.11. The van der Waals surface area contributed by atoms with E-state index in [0.717, 1.165) is 24.0 Å². The van der Waals surface area contributed by atoms with E-state index in [-0.39, 0.29) is 16.8 Å². The Kier molecular flexibility index (Phi) is 5.20. The highest BCUT2D eigenvalue weighted by molar-refractivity contribution is 6.09. The molecular weight excluding hydrogens is 375 g/mol. The first-order valence-electron chi connectivity index (χ1n) is 9.58. The van der Waals surface area contributed by atoms with Gasteiger partial charge in [0, 0.05) is 11.9 Å². The molecule has 2 aromatic carbocycles. The molecule has 1 aliphatic carbocycles. The summed E-state index contributed by atoms with van der Waals surface area (Å²) in [5.41, 5.74) is 2.62. The number of amides is 1. The zero-order valence-electron chi connectivity index (χ0n) is 15.8. The number of rotatable bonds is 6. The molecule has 6 nitrogen and oxygen atoms in total. The van der Waals surface area contributed by atoms with E-state index in [1.165, 1.54) is 6.07 Å². The summed E-state index contributed by atoms with van der Waals surface area (Å²) in [6, 6.07) is 12.5. The van der Waals surface area contributed by atoms with Crippen LogP contribution in [0.5, 0.6) is 5.75 Å². The van der Waals surface area contributed by atoms with Gasteiger partial charge in [-0.1, -0.05) is 34.8 Å². The van der Waals surface area contributed by atoms with Crippen LogP contribution in [0.1, 0.15) is 40.0 Å². The van der Waals surface area contributed by atoms with Crippen LogP contribution in [0.15, 0.2) is 42.5 Å². The number of fused-ring (bicyclic) bond motifs is 3. The van der Waals surface area contributed by atoms with E-state index >= 15 is 4.48 Å². The van der Waals surface area contributed by atoms with Crippen molar-refractivity contribution in [2.45, 2.75) is 32.2 Å². The first-order valence-corrected chi connectivity index (χ1v) is 9.58. The summed E-state index contributed by atoms with van der Waals surface area (Å²) < 4.78 is 20.7. The molecule has 0 bridgehead atoms. The number of carboxylic acid groups (broad SMARTS) is 1. The van der Waals surface area contributed by atoms with Crippen molar-refractivity contribution in [3.8, 4) is 5.75 Å². The highest BCUT2D eigenvalue weighted by Crippen LogP contribution is 2.39. The van der Waals surface area contributed by atoms with Gasteiger partial charge in [0.05, 0.1) is 16.8 Å². The third kappa shape index (κ3) is 3.68. The first-order chi connectivity index (χ1) is 14.1. The molecule has 4 rings (SSSR count). The van der Waals surface area contributed by atoms with Crippen LogP contribution < -0.4 is 10.1 Å². The third-order valence-electron chi connectivity index (χ3n) is 5.21. The number of hydrogen-bond acceptors (Lipinski definition) is 3. The number of carboxylic acids is 1. The molecule has 3 aromatic rings. The molecule has 0 spiro atoms. The Bertz CT molecular complexity index is 1080. The second-order valence-corrected chi connectivity index (χ2v) is 7.10. The quantitative estimate of drug-likeness (QED) is 0.667. The fourth-order valence-electron chi connectivity index (χ4n) is 3.89. The lowest BCUT2D eigenvalue weighted by Gasteiger charge is -2.12. The van der Waals surface area contributed by atoms with Gasteiger partial charge in [0.25, 0.3) is 5.91 Å². The Morgan fingerprint density at radius 3 is 2.62 bits per heavy atom. The zero-order valence-corrected chi connectivity index (χ0v) is 15.8. The second kappa shape index (κ2) is 7.95. The molecule has 29 heavy (non-hydrogen) atoms. The molecule has 1 aromatic heterocycles. The molecular formula is C22H21FN2O4. The molecule has 0 saturated heterocycles. The smallest absolute Gasteiger partial charge is 0.341 e. The van der Waals surface area contributed by atoms with E-state index in [9.17, 15) is 9.59 Å². The maximum absolute atomic E-state index is 15.2. The average molecular weight is 396 g/mol. The molecule has 2 N–H and O–H groups in total. The maximum Gasteiger partial charge on any atom is 0.341 e. The van der Waals surface area contributed by atoms with Crippen LogP contribution in [-0.4, -0.2) is 28.4 Å². The van der Waals surface area contributed by atoms with E-state index in [1.807, 2.05) is 30.3 Å². The number of hydrogen-bond donors (Lipinski definition) is 2. The molecule has 1 amide bonds. The lowest BCUT2D eigenvalue weighted by Crippen LogP contribution is -2.23. The van der Waals surface area contributed by atoms with Gasteiger partial charge in [0.15, 0.2) is 6.61 Å². The summed E-state index contributed by atoms with van der Waals surface area (Å²) >= 11 is 0. The van der Waals surface area contributed by atoms with Gasteiger partial charge in [0.1, 0.15) is 5.75 Å². The van der Waals surface area contributed by atoms with Crippen LogP contribution in [0.4, 0.5) is 4.48 Å². The van der Waals surface area contributed by atoms with E-state index < -0.39 is 18.5 Å². The SMILES string of the molecule is O=C(O)COc1ccc(C(=O)NCc2ccccc2)c2c1c1c(n2F)CCCC1. The Morgan fingerprint density at radius 1 is 1.10 bits per heavy atom. The standard InChI is InChI=1S/C22H21FN2O4/c23-25-17-9-5-4-8-15(17)20-18(29-13-19(26)27)11-10-16(21(20)25)22(28)24-12-14-6-2-1-3-7-14/h1-3,6-7,10-11H,4-5,8-9,12-13H2,(H,24,28)(H,26,27). The van der Waals surface area contributed by atoms with Crippen LogP contribution in [0.2, 0.25) is 0 Å². The summed E-state index contributed by atoms with van der Waals surface area (Å²) in [6.07, 6.45) is 3.02. The topological polar surface area (TPSA) is 80.6 Å². The molecule has 0 atom stereocenters. The van der Waals surface area contributed by atoms with Gasteiger partial charge in [-0.25, -0.2) is 4.79 Å². The van der Waals surface area contributed by atoms with Crippen LogP contribution in [0, 0.1) is 0 Å². The summed E-state index contributed by atoms with van der Waals surface area (Å²) in [6.45, 7) is -0.202. The molecule has 150 valence electrons. The summed E-state index contributed by atoms with van der Waals surface area (Å²) in [4.78, 5) is 24.4. The number of aliphatic carboxylic acids is 1. The molecule has 0 aliphatic heterocycles. The molecule has 7 heteroatoms. The Hall–Kier alpha value is -3.35. The highest BCUT2D eigenvalue weighted by Gasteiger charge is 2.27. The van der Waals surface area contributed by atoms with Crippen molar-refractivity contribution in [3.05, 3.63) is 64.8 Å². The highest BCUT2D eigenvalue weighted by atomic mass is 19.2. The number of aryl methyl sites for hydroxylation is 1. The van der Waals surface area contributed by atoms with Crippen molar-refractivity contribution in [2.24, 2.45) is 0 Å². The maximum atomic E-state index is 15.2.